The van der Waals surface area contributed by atoms with Crippen LogP contribution in [0, 0.1) is 0 Å². The van der Waals surface area contributed by atoms with E-state index in [1.807, 2.05) is 42.5 Å². The summed E-state index contributed by atoms with van der Waals surface area (Å²) in [6, 6.07) is 18.0. The molecule has 88 valence electrons. The smallest absolute Gasteiger partial charge is 0.127 e. The SMILES string of the molecule is ClCCCc1ccc(Oc2ccccc2)cc1. The summed E-state index contributed by atoms with van der Waals surface area (Å²) >= 11 is 5.67. The minimum absolute atomic E-state index is 0.711. The number of halogens is 1. The minimum Gasteiger partial charge on any atom is -0.457 e. The van der Waals surface area contributed by atoms with Gasteiger partial charge in [0.1, 0.15) is 11.5 Å². The Morgan fingerprint density at radius 2 is 1.47 bits per heavy atom. The summed E-state index contributed by atoms with van der Waals surface area (Å²) in [5.74, 6) is 2.44. The summed E-state index contributed by atoms with van der Waals surface area (Å²) in [6.45, 7) is 0. The largest absolute Gasteiger partial charge is 0.457 e. The molecule has 0 aliphatic carbocycles. The van der Waals surface area contributed by atoms with Crippen LogP contribution in [0.25, 0.3) is 0 Å². The van der Waals surface area contributed by atoms with Gasteiger partial charge in [0, 0.05) is 5.88 Å². The van der Waals surface area contributed by atoms with Crippen LogP contribution in [-0.2, 0) is 6.42 Å². The molecule has 1 nitrogen and oxygen atoms in total. The number of ether oxygens (including phenoxy) is 1. The molecule has 0 saturated heterocycles. The number of hydrogen-bond donors (Lipinski definition) is 0. The van der Waals surface area contributed by atoms with Gasteiger partial charge >= 0.3 is 0 Å². The van der Waals surface area contributed by atoms with Crippen LogP contribution in [0.5, 0.6) is 11.5 Å². The van der Waals surface area contributed by atoms with Crippen molar-refractivity contribution >= 4 is 11.6 Å². The van der Waals surface area contributed by atoms with Crippen LogP contribution in [-0.4, -0.2) is 5.88 Å². The van der Waals surface area contributed by atoms with Crippen molar-refractivity contribution in [3.63, 3.8) is 0 Å². The summed E-state index contributed by atoms with van der Waals surface area (Å²) in [6.07, 6.45) is 2.04. The normalized spacial score (nSPS) is 10.2. The fraction of sp³-hybridized carbons (Fsp3) is 0.200. The monoisotopic (exact) mass is 246 g/mol. The quantitative estimate of drug-likeness (QED) is 0.698. The van der Waals surface area contributed by atoms with Crippen LogP contribution in [0.2, 0.25) is 0 Å². The maximum atomic E-state index is 5.71. The number of benzene rings is 2. The topological polar surface area (TPSA) is 9.23 Å². The fourth-order valence-corrected chi connectivity index (χ4v) is 1.75. The van der Waals surface area contributed by atoms with Crippen molar-refractivity contribution in [2.75, 3.05) is 5.88 Å². The second-order valence-electron chi connectivity index (χ2n) is 3.85. The predicted molar refractivity (Wildman–Crippen MR) is 72.0 cm³/mol. The lowest BCUT2D eigenvalue weighted by Gasteiger charge is -2.06. The molecule has 0 heterocycles. The van der Waals surface area contributed by atoms with E-state index in [2.05, 4.69) is 12.1 Å². The lowest BCUT2D eigenvalue weighted by atomic mass is 10.1. The van der Waals surface area contributed by atoms with Crippen LogP contribution in [0.1, 0.15) is 12.0 Å². The van der Waals surface area contributed by atoms with E-state index < -0.39 is 0 Å². The lowest BCUT2D eigenvalue weighted by Crippen LogP contribution is -1.87. The highest BCUT2D eigenvalue weighted by Gasteiger charge is 1.97. The first-order valence-electron chi connectivity index (χ1n) is 5.76. The molecule has 2 rings (SSSR count). The van der Waals surface area contributed by atoms with Crippen LogP contribution < -0.4 is 4.74 Å². The Morgan fingerprint density at radius 3 is 2.12 bits per heavy atom. The van der Waals surface area contributed by atoms with E-state index in [4.69, 9.17) is 16.3 Å². The molecule has 2 aromatic rings. The van der Waals surface area contributed by atoms with Crippen molar-refractivity contribution in [3.8, 4) is 11.5 Å². The first-order chi connectivity index (χ1) is 8.38. The highest BCUT2D eigenvalue weighted by molar-refractivity contribution is 6.17. The van der Waals surface area contributed by atoms with E-state index in [0.29, 0.717) is 5.88 Å². The number of rotatable bonds is 5. The van der Waals surface area contributed by atoms with Gasteiger partial charge in [-0.2, -0.15) is 0 Å². The fourth-order valence-electron chi connectivity index (χ4n) is 1.62. The zero-order valence-corrected chi connectivity index (χ0v) is 10.4. The van der Waals surface area contributed by atoms with Crippen LogP contribution in [0.4, 0.5) is 0 Å². The van der Waals surface area contributed by atoms with E-state index in [0.717, 1.165) is 24.3 Å². The van der Waals surface area contributed by atoms with Gasteiger partial charge in [-0.15, -0.1) is 11.6 Å². The standard InChI is InChI=1S/C15H15ClO/c16-12-4-5-13-8-10-15(11-9-13)17-14-6-2-1-3-7-14/h1-3,6-11H,4-5,12H2. The molecular weight excluding hydrogens is 232 g/mol. The highest BCUT2D eigenvalue weighted by atomic mass is 35.5. The van der Waals surface area contributed by atoms with Gasteiger partial charge in [0.2, 0.25) is 0 Å². The zero-order valence-electron chi connectivity index (χ0n) is 9.60. The molecule has 0 N–H and O–H groups in total. The van der Waals surface area contributed by atoms with Gasteiger partial charge in [-0.05, 0) is 42.7 Å². The lowest BCUT2D eigenvalue weighted by molar-refractivity contribution is 0.482. The molecule has 0 atom stereocenters. The molecule has 0 fully saturated rings. The summed E-state index contributed by atoms with van der Waals surface area (Å²) in [5.41, 5.74) is 1.30. The molecule has 0 aliphatic heterocycles. The first-order valence-corrected chi connectivity index (χ1v) is 6.30. The van der Waals surface area contributed by atoms with Crippen molar-refractivity contribution in [1.29, 1.82) is 0 Å². The highest BCUT2D eigenvalue weighted by Crippen LogP contribution is 2.21. The third-order valence-corrected chi connectivity index (χ3v) is 2.77. The Hall–Kier alpha value is -1.47. The maximum Gasteiger partial charge on any atom is 0.127 e. The molecule has 2 aromatic carbocycles. The molecule has 0 radical (unpaired) electrons. The Kier molecular flexibility index (Phi) is 4.45. The van der Waals surface area contributed by atoms with Crippen LogP contribution >= 0.6 is 11.6 Å². The van der Waals surface area contributed by atoms with Gasteiger partial charge in [0.25, 0.3) is 0 Å². The molecule has 0 amide bonds. The molecule has 0 spiro atoms. The van der Waals surface area contributed by atoms with E-state index in [-0.39, 0.29) is 0 Å². The minimum atomic E-state index is 0.711. The average molecular weight is 247 g/mol. The Labute approximate surface area is 107 Å². The molecule has 0 aliphatic rings. The van der Waals surface area contributed by atoms with E-state index in [1.165, 1.54) is 5.56 Å². The number of para-hydroxylation sites is 1. The van der Waals surface area contributed by atoms with Crippen LogP contribution in [0.3, 0.4) is 0 Å². The van der Waals surface area contributed by atoms with E-state index in [9.17, 15) is 0 Å². The molecule has 2 heteroatoms. The maximum absolute atomic E-state index is 5.71. The molecule has 0 saturated carbocycles. The van der Waals surface area contributed by atoms with Crippen molar-refractivity contribution < 1.29 is 4.74 Å². The van der Waals surface area contributed by atoms with Gasteiger partial charge in [0.15, 0.2) is 0 Å². The predicted octanol–water partition coefficient (Wildman–Crippen LogP) is 4.65. The Bertz CT molecular complexity index is 436. The number of hydrogen-bond acceptors (Lipinski definition) is 1. The molecule has 17 heavy (non-hydrogen) atoms. The molecule has 0 aromatic heterocycles. The first kappa shape index (κ1) is 12.0. The van der Waals surface area contributed by atoms with Gasteiger partial charge < -0.3 is 4.74 Å². The van der Waals surface area contributed by atoms with Crippen molar-refractivity contribution in [1.82, 2.24) is 0 Å². The summed E-state index contributed by atoms with van der Waals surface area (Å²) in [5, 5.41) is 0. The number of alkyl halides is 1. The van der Waals surface area contributed by atoms with E-state index >= 15 is 0 Å². The zero-order chi connectivity index (χ0) is 11.9. The van der Waals surface area contributed by atoms with Gasteiger partial charge in [-0.3, -0.25) is 0 Å². The Morgan fingerprint density at radius 1 is 0.824 bits per heavy atom. The van der Waals surface area contributed by atoms with Crippen LogP contribution in [0.15, 0.2) is 54.6 Å². The second kappa shape index (κ2) is 6.31. The average Bonchev–Trinajstić information content (AvgIpc) is 2.39. The van der Waals surface area contributed by atoms with Crippen molar-refractivity contribution in [2.45, 2.75) is 12.8 Å². The summed E-state index contributed by atoms with van der Waals surface area (Å²) in [7, 11) is 0. The molecule has 0 unspecified atom stereocenters. The number of aryl methyl sites for hydroxylation is 1. The van der Waals surface area contributed by atoms with Crippen molar-refractivity contribution in [3.05, 3.63) is 60.2 Å². The Balaban J connectivity index is 1.98. The van der Waals surface area contributed by atoms with E-state index in [1.54, 1.807) is 0 Å². The third kappa shape index (κ3) is 3.79. The summed E-state index contributed by atoms with van der Waals surface area (Å²) < 4.78 is 5.71. The summed E-state index contributed by atoms with van der Waals surface area (Å²) in [4.78, 5) is 0. The van der Waals surface area contributed by atoms with Gasteiger partial charge in [-0.25, -0.2) is 0 Å². The van der Waals surface area contributed by atoms with Crippen molar-refractivity contribution in [2.24, 2.45) is 0 Å². The third-order valence-electron chi connectivity index (χ3n) is 2.50. The van der Waals surface area contributed by atoms with Gasteiger partial charge in [0.05, 0.1) is 0 Å². The van der Waals surface area contributed by atoms with Gasteiger partial charge in [-0.1, -0.05) is 30.3 Å². The molecule has 0 bridgehead atoms. The molecular formula is C15H15ClO. The second-order valence-corrected chi connectivity index (χ2v) is 4.23.